The first-order chi connectivity index (χ1) is 9.11. The molecule has 2 rings (SSSR count). The van der Waals surface area contributed by atoms with Crippen molar-refractivity contribution in [1.82, 2.24) is 4.90 Å². The summed E-state index contributed by atoms with van der Waals surface area (Å²) in [5.74, 6) is 0.119. The Bertz CT molecular complexity index is 334. The first-order valence-electron chi connectivity index (χ1n) is 7.63. The van der Waals surface area contributed by atoms with Crippen molar-refractivity contribution in [2.24, 2.45) is 17.8 Å². The zero-order valence-corrected chi connectivity index (χ0v) is 11.8. The number of carbonyl (C=O) groups is 2. The second-order valence-corrected chi connectivity index (χ2v) is 6.11. The second-order valence-electron chi connectivity index (χ2n) is 6.11. The van der Waals surface area contributed by atoms with Crippen molar-refractivity contribution in [3.8, 4) is 0 Å². The lowest BCUT2D eigenvalue weighted by Crippen LogP contribution is -2.37. The monoisotopic (exact) mass is 267 g/mol. The number of carbonyl (C=O) groups excluding carboxylic acids is 1. The molecule has 1 amide bonds. The van der Waals surface area contributed by atoms with Gasteiger partial charge in [0.2, 0.25) is 5.91 Å². The minimum absolute atomic E-state index is 0.0796. The molecule has 4 heteroatoms. The zero-order valence-electron chi connectivity index (χ0n) is 11.8. The van der Waals surface area contributed by atoms with Gasteiger partial charge in [-0.3, -0.25) is 9.59 Å². The van der Waals surface area contributed by atoms with E-state index in [0.29, 0.717) is 18.8 Å². The molecule has 0 bridgehead atoms. The Morgan fingerprint density at radius 1 is 1.11 bits per heavy atom. The highest BCUT2D eigenvalue weighted by Crippen LogP contribution is 2.32. The third kappa shape index (κ3) is 3.48. The van der Waals surface area contributed by atoms with Gasteiger partial charge in [0.25, 0.3) is 0 Å². The Morgan fingerprint density at radius 3 is 2.32 bits per heavy atom. The van der Waals surface area contributed by atoms with Crippen molar-refractivity contribution >= 4 is 11.9 Å². The molecular weight excluding hydrogens is 242 g/mol. The van der Waals surface area contributed by atoms with Gasteiger partial charge in [-0.05, 0) is 44.4 Å². The van der Waals surface area contributed by atoms with Gasteiger partial charge in [0.05, 0.1) is 5.92 Å². The smallest absolute Gasteiger partial charge is 0.306 e. The van der Waals surface area contributed by atoms with E-state index in [1.165, 1.54) is 12.8 Å². The van der Waals surface area contributed by atoms with E-state index in [1.807, 2.05) is 4.90 Å². The molecule has 4 nitrogen and oxygen atoms in total. The Morgan fingerprint density at radius 2 is 1.74 bits per heavy atom. The third-order valence-corrected chi connectivity index (χ3v) is 4.72. The molecular formula is C15H25NO3. The average molecular weight is 267 g/mol. The standard InChI is InChI=1S/C15H25NO3/c1-2-3-11-8-9-16(10-11)14(17)12-4-6-13(7-5-12)15(18)19/h11-13H,2-10H2,1H3,(H,18,19). The van der Waals surface area contributed by atoms with Crippen LogP contribution in [0.4, 0.5) is 0 Å². The van der Waals surface area contributed by atoms with E-state index >= 15 is 0 Å². The van der Waals surface area contributed by atoms with Gasteiger partial charge in [-0.25, -0.2) is 0 Å². The van der Waals surface area contributed by atoms with Crippen molar-refractivity contribution in [2.45, 2.75) is 51.9 Å². The van der Waals surface area contributed by atoms with Gasteiger partial charge in [0, 0.05) is 19.0 Å². The molecule has 1 N–H and O–H groups in total. The quantitative estimate of drug-likeness (QED) is 0.851. The van der Waals surface area contributed by atoms with Crippen LogP contribution in [0.3, 0.4) is 0 Å². The summed E-state index contributed by atoms with van der Waals surface area (Å²) in [6.45, 7) is 4.02. The van der Waals surface area contributed by atoms with E-state index < -0.39 is 5.97 Å². The Kier molecular flexibility index (Phi) is 4.83. The molecule has 2 fully saturated rings. The van der Waals surface area contributed by atoms with Crippen LogP contribution in [0.25, 0.3) is 0 Å². The van der Waals surface area contributed by atoms with Crippen molar-refractivity contribution < 1.29 is 14.7 Å². The van der Waals surface area contributed by atoms with E-state index in [9.17, 15) is 9.59 Å². The summed E-state index contributed by atoms with van der Waals surface area (Å²) in [7, 11) is 0. The summed E-state index contributed by atoms with van der Waals surface area (Å²) in [6.07, 6.45) is 6.39. The van der Waals surface area contributed by atoms with E-state index in [1.54, 1.807) is 0 Å². The first kappa shape index (κ1) is 14.4. The number of nitrogens with zero attached hydrogens (tertiary/aromatic N) is 1. The van der Waals surface area contributed by atoms with E-state index in [2.05, 4.69) is 6.92 Å². The van der Waals surface area contributed by atoms with Gasteiger partial charge < -0.3 is 10.0 Å². The van der Waals surface area contributed by atoms with E-state index in [0.717, 1.165) is 32.4 Å². The molecule has 0 aromatic carbocycles. The first-order valence-corrected chi connectivity index (χ1v) is 7.63. The predicted molar refractivity (Wildman–Crippen MR) is 72.7 cm³/mol. The highest BCUT2D eigenvalue weighted by atomic mass is 16.4. The van der Waals surface area contributed by atoms with Crippen LogP contribution in [0.15, 0.2) is 0 Å². The maximum atomic E-state index is 12.4. The molecule has 108 valence electrons. The Hall–Kier alpha value is -1.06. The van der Waals surface area contributed by atoms with Gasteiger partial charge in [0.15, 0.2) is 0 Å². The van der Waals surface area contributed by atoms with Crippen LogP contribution in [0.1, 0.15) is 51.9 Å². The van der Waals surface area contributed by atoms with Gasteiger partial charge >= 0.3 is 5.97 Å². The fourth-order valence-corrected chi connectivity index (χ4v) is 3.52. The molecule has 1 atom stereocenters. The summed E-state index contributed by atoms with van der Waals surface area (Å²) in [5.41, 5.74) is 0. The lowest BCUT2D eigenvalue weighted by molar-refractivity contribution is -0.145. The third-order valence-electron chi connectivity index (χ3n) is 4.72. The molecule has 0 aromatic rings. The van der Waals surface area contributed by atoms with E-state index in [4.69, 9.17) is 5.11 Å². The number of hydrogen-bond acceptors (Lipinski definition) is 2. The minimum atomic E-state index is -0.699. The van der Waals surface area contributed by atoms with Crippen LogP contribution in [0.5, 0.6) is 0 Å². The average Bonchev–Trinajstić information content (AvgIpc) is 2.87. The summed E-state index contributed by atoms with van der Waals surface area (Å²) in [5, 5.41) is 8.97. The maximum Gasteiger partial charge on any atom is 0.306 e. The molecule has 2 aliphatic rings. The molecule has 1 unspecified atom stereocenters. The van der Waals surface area contributed by atoms with Gasteiger partial charge in [0.1, 0.15) is 0 Å². The zero-order chi connectivity index (χ0) is 13.8. The maximum absolute atomic E-state index is 12.4. The van der Waals surface area contributed by atoms with Gasteiger partial charge in [-0.15, -0.1) is 0 Å². The van der Waals surface area contributed by atoms with Crippen molar-refractivity contribution in [2.75, 3.05) is 13.1 Å². The second kappa shape index (κ2) is 6.40. The molecule has 19 heavy (non-hydrogen) atoms. The molecule has 0 radical (unpaired) electrons. The normalized spacial score (nSPS) is 31.4. The van der Waals surface area contributed by atoms with Crippen LogP contribution in [0.2, 0.25) is 0 Å². The highest BCUT2D eigenvalue weighted by molar-refractivity contribution is 5.79. The van der Waals surface area contributed by atoms with E-state index in [-0.39, 0.29) is 17.7 Å². The van der Waals surface area contributed by atoms with Crippen LogP contribution < -0.4 is 0 Å². The molecule has 0 spiro atoms. The number of rotatable bonds is 4. The van der Waals surface area contributed by atoms with Crippen molar-refractivity contribution in [3.63, 3.8) is 0 Å². The Labute approximate surface area is 115 Å². The summed E-state index contributed by atoms with van der Waals surface area (Å²) in [4.78, 5) is 25.3. The predicted octanol–water partition coefficient (Wildman–Crippen LogP) is 2.53. The number of carboxylic acid groups (broad SMARTS) is 1. The molecule has 0 aromatic heterocycles. The fraction of sp³-hybridized carbons (Fsp3) is 0.867. The minimum Gasteiger partial charge on any atom is -0.481 e. The number of likely N-dealkylation sites (tertiary alicyclic amines) is 1. The van der Waals surface area contributed by atoms with Crippen LogP contribution >= 0.6 is 0 Å². The SMILES string of the molecule is CCCC1CCN(C(=O)C2CCC(C(=O)O)CC2)C1. The highest BCUT2D eigenvalue weighted by Gasteiger charge is 2.34. The summed E-state index contributed by atoms with van der Waals surface area (Å²) < 4.78 is 0. The van der Waals surface area contributed by atoms with Crippen LogP contribution in [-0.4, -0.2) is 35.0 Å². The number of aliphatic carboxylic acids is 1. The summed E-state index contributed by atoms with van der Waals surface area (Å²) >= 11 is 0. The van der Waals surface area contributed by atoms with Crippen molar-refractivity contribution in [1.29, 1.82) is 0 Å². The van der Waals surface area contributed by atoms with Gasteiger partial charge in [-0.2, -0.15) is 0 Å². The largest absolute Gasteiger partial charge is 0.481 e. The summed E-state index contributed by atoms with van der Waals surface area (Å²) in [6, 6.07) is 0. The number of hydrogen-bond donors (Lipinski definition) is 1. The molecule has 1 aliphatic carbocycles. The van der Waals surface area contributed by atoms with Crippen molar-refractivity contribution in [3.05, 3.63) is 0 Å². The lowest BCUT2D eigenvalue weighted by atomic mass is 9.81. The molecule has 1 heterocycles. The number of amides is 1. The van der Waals surface area contributed by atoms with Crippen LogP contribution in [0, 0.1) is 17.8 Å². The lowest BCUT2D eigenvalue weighted by Gasteiger charge is -2.28. The molecule has 1 saturated carbocycles. The number of carboxylic acids is 1. The Balaban J connectivity index is 1.80. The molecule has 1 aliphatic heterocycles. The van der Waals surface area contributed by atoms with Crippen LogP contribution in [-0.2, 0) is 9.59 Å². The van der Waals surface area contributed by atoms with Gasteiger partial charge in [-0.1, -0.05) is 13.3 Å². The molecule has 1 saturated heterocycles. The topological polar surface area (TPSA) is 57.6 Å². The fourth-order valence-electron chi connectivity index (χ4n) is 3.52.